The Labute approximate surface area is 197 Å². The van der Waals surface area contributed by atoms with Gasteiger partial charge >= 0.3 is 0 Å². The zero-order chi connectivity index (χ0) is 23.4. The van der Waals surface area contributed by atoms with Gasteiger partial charge in [0.15, 0.2) is 6.61 Å². The summed E-state index contributed by atoms with van der Waals surface area (Å²) in [5.41, 5.74) is 2.52. The van der Waals surface area contributed by atoms with Crippen LogP contribution in [0.4, 0.5) is 17.1 Å². The van der Waals surface area contributed by atoms with Crippen molar-refractivity contribution < 1.29 is 19.2 Å². The monoisotopic (exact) mass is 474 g/mol. The highest BCUT2D eigenvalue weighted by atomic mass is 35.5. The zero-order valence-electron chi connectivity index (χ0n) is 18.5. The molecule has 2 aromatic carbocycles. The Morgan fingerprint density at radius 3 is 2.45 bits per heavy atom. The summed E-state index contributed by atoms with van der Waals surface area (Å²) in [5.74, 6) is 0.578. The lowest BCUT2D eigenvalue weighted by atomic mass is 10.1. The number of morpholine rings is 1. The van der Waals surface area contributed by atoms with Gasteiger partial charge in [-0.25, -0.2) is 0 Å². The molecule has 2 aliphatic rings. The molecule has 0 atom stereocenters. The molecule has 2 aromatic rings. The van der Waals surface area contributed by atoms with Gasteiger partial charge < -0.3 is 24.2 Å². The average molecular weight is 475 g/mol. The number of rotatable bonds is 6. The van der Waals surface area contributed by atoms with Gasteiger partial charge in [-0.15, -0.1) is 0 Å². The van der Waals surface area contributed by atoms with Crippen LogP contribution in [0.1, 0.15) is 5.56 Å². The predicted octanol–water partition coefficient (Wildman–Crippen LogP) is 3.12. The van der Waals surface area contributed by atoms with Crippen molar-refractivity contribution in [2.75, 3.05) is 68.9 Å². The van der Waals surface area contributed by atoms with Crippen LogP contribution in [0.15, 0.2) is 36.4 Å². The van der Waals surface area contributed by atoms with Crippen LogP contribution in [0.3, 0.4) is 0 Å². The molecule has 0 saturated carbocycles. The van der Waals surface area contributed by atoms with Crippen molar-refractivity contribution in [1.29, 1.82) is 0 Å². The van der Waals surface area contributed by atoms with E-state index < -0.39 is 0 Å². The van der Waals surface area contributed by atoms with Gasteiger partial charge in [0.05, 0.1) is 18.1 Å². The topological polar surface area (TPSA) is 88.4 Å². The van der Waals surface area contributed by atoms with Gasteiger partial charge in [0.25, 0.3) is 11.6 Å². The Hall–Kier alpha value is -3.04. The average Bonchev–Trinajstić information content (AvgIpc) is 2.83. The SMILES string of the molecule is Cc1cc(Cl)ccc1OCC(=O)N1CCN(c2ccc([N+](=O)[O-])c(N3CCOCC3)c2)CC1. The molecule has 0 radical (unpaired) electrons. The van der Waals surface area contributed by atoms with Crippen molar-refractivity contribution >= 4 is 34.6 Å². The lowest BCUT2D eigenvalue weighted by molar-refractivity contribution is -0.384. The van der Waals surface area contributed by atoms with Crippen molar-refractivity contribution in [2.45, 2.75) is 6.92 Å². The molecule has 0 N–H and O–H groups in total. The second-order valence-corrected chi connectivity index (χ2v) is 8.53. The molecule has 4 rings (SSSR count). The van der Waals surface area contributed by atoms with Gasteiger partial charge in [-0.1, -0.05) is 11.6 Å². The van der Waals surface area contributed by atoms with Gasteiger partial charge in [-0.05, 0) is 42.8 Å². The highest BCUT2D eigenvalue weighted by Gasteiger charge is 2.26. The van der Waals surface area contributed by atoms with Gasteiger partial charge in [0.1, 0.15) is 11.4 Å². The molecule has 0 spiro atoms. The molecule has 9 nitrogen and oxygen atoms in total. The summed E-state index contributed by atoms with van der Waals surface area (Å²) in [5, 5.41) is 12.2. The number of carbonyl (C=O) groups excluding carboxylic acids is 1. The first-order valence-electron chi connectivity index (χ1n) is 10.9. The maximum absolute atomic E-state index is 12.6. The number of ether oxygens (including phenoxy) is 2. The lowest BCUT2D eigenvalue weighted by Crippen LogP contribution is -2.50. The highest BCUT2D eigenvalue weighted by molar-refractivity contribution is 6.30. The molecule has 33 heavy (non-hydrogen) atoms. The van der Waals surface area contributed by atoms with E-state index >= 15 is 0 Å². The number of anilines is 2. The van der Waals surface area contributed by atoms with E-state index in [9.17, 15) is 14.9 Å². The Morgan fingerprint density at radius 1 is 1.06 bits per heavy atom. The fourth-order valence-electron chi connectivity index (χ4n) is 4.14. The lowest BCUT2D eigenvalue weighted by Gasteiger charge is -2.36. The number of nitrogens with zero attached hydrogens (tertiary/aromatic N) is 4. The predicted molar refractivity (Wildman–Crippen MR) is 127 cm³/mol. The number of benzene rings is 2. The van der Waals surface area contributed by atoms with Crippen LogP contribution in [-0.4, -0.2) is 74.8 Å². The smallest absolute Gasteiger partial charge is 0.292 e. The quantitative estimate of drug-likeness (QED) is 0.469. The molecule has 1 amide bonds. The maximum Gasteiger partial charge on any atom is 0.292 e. The second kappa shape index (κ2) is 10.3. The minimum atomic E-state index is -0.340. The molecule has 0 aromatic heterocycles. The summed E-state index contributed by atoms with van der Waals surface area (Å²) in [4.78, 5) is 29.8. The molecule has 2 aliphatic heterocycles. The largest absolute Gasteiger partial charge is 0.483 e. The third kappa shape index (κ3) is 5.48. The Morgan fingerprint density at radius 2 is 1.79 bits per heavy atom. The first-order valence-corrected chi connectivity index (χ1v) is 11.3. The summed E-state index contributed by atoms with van der Waals surface area (Å²) in [6.07, 6.45) is 0. The van der Waals surface area contributed by atoms with Gasteiger partial charge in [-0.3, -0.25) is 14.9 Å². The Bertz CT molecular complexity index is 1020. The number of halogens is 1. The van der Waals surface area contributed by atoms with Gasteiger partial charge in [0, 0.05) is 56.0 Å². The summed E-state index contributed by atoms with van der Waals surface area (Å²) in [7, 11) is 0. The van der Waals surface area contributed by atoms with Crippen LogP contribution in [0.25, 0.3) is 0 Å². The van der Waals surface area contributed by atoms with Crippen LogP contribution in [-0.2, 0) is 9.53 Å². The van der Waals surface area contributed by atoms with Crippen LogP contribution < -0.4 is 14.5 Å². The highest BCUT2D eigenvalue weighted by Crippen LogP contribution is 2.33. The molecule has 10 heteroatoms. The number of amides is 1. The summed E-state index contributed by atoms with van der Waals surface area (Å²) < 4.78 is 11.1. The fraction of sp³-hybridized carbons (Fsp3) is 0.435. The van der Waals surface area contributed by atoms with E-state index in [4.69, 9.17) is 21.1 Å². The number of carbonyl (C=O) groups is 1. The second-order valence-electron chi connectivity index (χ2n) is 8.10. The van der Waals surface area contributed by atoms with Crippen molar-refractivity contribution in [3.05, 3.63) is 57.1 Å². The molecule has 2 saturated heterocycles. The Kier molecular flexibility index (Phi) is 7.20. The van der Waals surface area contributed by atoms with Crippen molar-refractivity contribution in [2.24, 2.45) is 0 Å². The first-order chi connectivity index (χ1) is 15.9. The van der Waals surface area contributed by atoms with E-state index in [0.29, 0.717) is 68.9 Å². The zero-order valence-corrected chi connectivity index (χ0v) is 19.3. The standard InChI is InChI=1S/C23H27ClN4O5/c1-17-14-18(24)2-5-22(17)33-16-23(29)27-8-6-25(7-9-27)19-3-4-20(28(30)31)21(15-19)26-10-12-32-13-11-26/h2-5,14-15H,6-13,16H2,1H3. The number of nitro groups is 1. The summed E-state index contributed by atoms with van der Waals surface area (Å²) in [6.45, 7) is 6.63. The number of piperazine rings is 1. The number of hydrogen-bond donors (Lipinski definition) is 0. The first kappa shape index (κ1) is 23.1. The van der Waals surface area contributed by atoms with E-state index in [1.54, 1.807) is 35.2 Å². The molecule has 2 heterocycles. The van der Waals surface area contributed by atoms with E-state index in [1.165, 1.54) is 0 Å². The minimum absolute atomic E-state index is 0.0266. The molecule has 0 unspecified atom stereocenters. The molecular weight excluding hydrogens is 448 g/mol. The number of aryl methyl sites for hydroxylation is 1. The van der Waals surface area contributed by atoms with E-state index in [1.807, 2.05) is 17.9 Å². The van der Waals surface area contributed by atoms with Crippen LogP contribution in [0.2, 0.25) is 5.02 Å². The maximum atomic E-state index is 12.6. The van der Waals surface area contributed by atoms with E-state index in [0.717, 1.165) is 11.3 Å². The summed E-state index contributed by atoms with van der Waals surface area (Å²) >= 11 is 5.97. The van der Waals surface area contributed by atoms with E-state index in [2.05, 4.69) is 4.90 Å². The van der Waals surface area contributed by atoms with Gasteiger partial charge in [0.2, 0.25) is 0 Å². The minimum Gasteiger partial charge on any atom is -0.483 e. The molecule has 2 fully saturated rings. The number of nitro benzene ring substituents is 1. The molecule has 0 bridgehead atoms. The van der Waals surface area contributed by atoms with Crippen molar-refractivity contribution in [3.8, 4) is 5.75 Å². The van der Waals surface area contributed by atoms with Crippen LogP contribution in [0.5, 0.6) is 5.75 Å². The Balaban J connectivity index is 1.37. The van der Waals surface area contributed by atoms with Crippen molar-refractivity contribution in [1.82, 2.24) is 4.90 Å². The van der Waals surface area contributed by atoms with Gasteiger partial charge in [-0.2, -0.15) is 0 Å². The molecule has 0 aliphatic carbocycles. The van der Waals surface area contributed by atoms with Crippen molar-refractivity contribution in [3.63, 3.8) is 0 Å². The third-order valence-corrected chi connectivity index (χ3v) is 6.23. The fourth-order valence-corrected chi connectivity index (χ4v) is 4.37. The van der Waals surface area contributed by atoms with Crippen LogP contribution in [0, 0.1) is 17.0 Å². The third-order valence-electron chi connectivity index (χ3n) is 5.99. The number of hydrogen-bond acceptors (Lipinski definition) is 7. The summed E-state index contributed by atoms with van der Waals surface area (Å²) in [6, 6.07) is 10.5. The molecular formula is C23H27ClN4O5. The van der Waals surface area contributed by atoms with Crippen LogP contribution >= 0.6 is 11.6 Å². The normalized spacial score (nSPS) is 16.6. The molecule has 176 valence electrons. The van der Waals surface area contributed by atoms with E-state index in [-0.39, 0.29) is 23.1 Å².